The van der Waals surface area contributed by atoms with Crippen LogP contribution in [0.3, 0.4) is 0 Å². The van der Waals surface area contributed by atoms with E-state index in [1.807, 2.05) is 0 Å². The standard InChI is InChI=1S/C16H26F2N2O3/c1-9(2)13(18)10(3)19-14(21)12-7-11(17)8-20(12)15(22)23-16(4,5)6/h10-12H,7-8H2,1-6H3,(H,19,21)/t10-,11-,12+/m1/s1. The number of carbonyl (C=O) groups is 2. The predicted octanol–water partition coefficient (Wildman–Crippen LogP) is 3.10. The van der Waals surface area contributed by atoms with Crippen LogP contribution >= 0.6 is 0 Å². The Morgan fingerprint density at radius 2 is 1.87 bits per heavy atom. The van der Waals surface area contributed by atoms with E-state index in [-0.39, 0.29) is 13.0 Å². The van der Waals surface area contributed by atoms with Crippen molar-refractivity contribution in [3.63, 3.8) is 0 Å². The van der Waals surface area contributed by atoms with E-state index in [1.165, 1.54) is 6.92 Å². The lowest BCUT2D eigenvalue weighted by molar-refractivity contribution is -0.126. The van der Waals surface area contributed by atoms with Crippen LogP contribution in [0.15, 0.2) is 11.4 Å². The third-order valence-electron chi connectivity index (χ3n) is 3.40. The Hall–Kier alpha value is -1.66. The average Bonchev–Trinajstić information content (AvgIpc) is 2.77. The lowest BCUT2D eigenvalue weighted by Gasteiger charge is -2.28. The van der Waals surface area contributed by atoms with Gasteiger partial charge in [0.25, 0.3) is 0 Å². The first-order valence-corrected chi connectivity index (χ1v) is 7.69. The molecule has 0 aromatic carbocycles. The van der Waals surface area contributed by atoms with Crippen LogP contribution < -0.4 is 5.32 Å². The molecule has 0 radical (unpaired) electrons. The highest BCUT2D eigenvalue weighted by Crippen LogP contribution is 2.24. The van der Waals surface area contributed by atoms with E-state index in [1.54, 1.807) is 34.6 Å². The van der Waals surface area contributed by atoms with Crippen molar-refractivity contribution in [1.82, 2.24) is 10.2 Å². The first kappa shape index (κ1) is 19.4. The second kappa shape index (κ2) is 7.27. The van der Waals surface area contributed by atoms with Crippen molar-refractivity contribution in [1.29, 1.82) is 0 Å². The molecule has 1 fully saturated rings. The van der Waals surface area contributed by atoms with Crippen molar-refractivity contribution in [2.24, 2.45) is 0 Å². The van der Waals surface area contributed by atoms with Gasteiger partial charge in [-0.05, 0) is 47.1 Å². The molecule has 0 bridgehead atoms. The summed E-state index contributed by atoms with van der Waals surface area (Å²) < 4.78 is 32.7. The van der Waals surface area contributed by atoms with E-state index in [0.29, 0.717) is 5.57 Å². The second-order valence-corrected chi connectivity index (χ2v) is 7.06. The molecule has 1 N–H and O–H groups in total. The summed E-state index contributed by atoms with van der Waals surface area (Å²) in [5, 5.41) is 2.48. The smallest absolute Gasteiger partial charge is 0.411 e. The average molecular weight is 332 g/mol. The van der Waals surface area contributed by atoms with E-state index < -0.39 is 41.7 Å². The van der Waals surface area contributed by atoms with Crippen LogP contribution in [0.1, 0.15) is 48.0 Å². The van der Waals surface area contributed by atoms with Crippen LogP contribution in [-0.4, -0.2) is 47.3 Å². The molecule has 0 spiro atoms. The molecule has 3 atom stereocenters. The summed E-state index contributed by atoms with van der Waals surface area (Å²) in [6.07, 6.45) is -2.16. The van der Waals surface area contributed by atoms with Crippen LogP contribution in [0.2, 0.25) is 0 Å². The van der Waals surface area contributed by atoms with Gasteiger partial charge in [0.1, 0.15) is 23.6 Å². The minimum Gasteiger partial charge on any atom is -0.444 e. The number of rotatable bonds is 3. The zero-order chi connectivity index (χ0) is 17.9. The number of carbonyl (C=O) groups excluding carboxylic acids is 2. The fraction of sp³-hybridized carbons (Fsp3) is 0.750. The molecule has 0 unspecified atom stereocenters. The number of amides is 2. The van der Waals surface area contributed by atoms with E-state index in [4.69, 9.17) is 4.74 Å². The van der Waals surface area contributed by atoms with Crippen molar-refractivity contribution < 1.29 is 23.1 Å². The zero-order valence-corrected chi connectivity index (χ0v) is 14.6. The molecule has 1 aliphatic rings. The van der Waals surface area contributed by atoms with E-state index in [9.17, 15) is 18.4 Å². The van der Waals surface area contributed by atoms with Gasteiger partial charge < -0.3 is 10.1 Å². The molecule has 23 heavy (non-hydrogen) atoms. The Labute approximate surface area is 136 Å². The van der Waals surface area contributed by atoms with Gasteiger partial charge in [0.2, 0.25) is 5.91 Å². The lowest BCUT2D eigenvalue weighted by Crippen LogP contribution is -2.49. The molecule has 1 aliphatic heterocycles. The number of allylic oxidation sites excluding steroid dienone is 1. The molecule has 1 rings (SSSR count). The van der Waals surface area contributed by atoms with Crippen LogP contribution in [0.4, 0.5) is 13.6 Å². The quantitative estimate of drug-likeness (QED) is 0.864. The van der Waals surface area contributed by atoms with E-state index in [0.717, 1.165) is 4.90 Å². The van der Waals surface area contributed by atoms with Gasteiger partial charge in [-0.25, -0.2) is 13.6 Å². The lowest BCUT2D eigenvalue weighted by atomic mass is 10.1. The van der Waals surface area contributed by atoms with Gasteiger partial charge in [0.05, 0.1) is 12.6 Å². The van der Waals surface area contributed by atoms with Crippen molar-refractivity contribution in [2.75, 3.05) is 6.54 Å². The summed E-state index contributed by atoms with van der Waals surface area (Å²) in [7, 11) is 0. The minimum absolute atomic E-state index is 0.117. The molecular formula is C16H26F2N2O3. The van der Waals surface area contributed by atoms with Gasteiger partial charge in [-0.15, -0.1) is 0 Å². The number of ether oxygens (including phenoxy) is 1. The van der Waals surface area contributed by atoms with E-state index >= 15 is 0 Å². The fourth-order valence-corrected chi connectivity index (χ4v) is 2.36. The Balaban J connectivity index is 2.81. The van der Waals surface area contributed by atoms with Gasteiger partial charge in [0, 0.05) is 6.42 Å². The minimum atomic E-state index is -1.30. The van der Waals surface area contributed by atoms with Gasteiger partial charge in [-0.3, -0.25) is 9.69 Å². The molecule has 0 saturated carbocycles. The van der Waals surface area contributed by atoms with Crippen molar-refractivity contribution in [2.45, 2.75) is 71.8 Å². The maximum atomic E-state index is 13.8. The highest BCUT2D eigenvalue weighted by Gasteiger charge is 2.42. The van der Waals surface area contributed by atoms with E-state index in [2.05, 4.69) is 5.32 Å². The van der Waals surface area contributed by atoms with Gasteiger partial charge in [-0.1, -0.05) is 0 Å². The Morgan fingerprint density at radius 3 is 2.35 bits per heavy atom. The maximum Gasteiger partial charge on any atom is 0.411 e. The summed E-state index contributed by atoms with van der Waals surface area (Å²) >= 11 is 0. The highest BCUT2D eigenvalue weighted by atomic mass is 19.1. The van der Waals surface area contributed by atoms with Crippen molar-refractivity contribution in [3.8, 4) is 0 Å². The Kier molecular flexibility index (Phi) is 6.13. The monoisotopic (exact) mass is 332 g/mol. The number of nitrogens with one attached hydrogen (secondary N) is 1. The Bertz CT molecular complexity index is 496. The number of likely N-dealkylation sites (tertiary alicyclic amines) is 1. The first-order valence-electron chi connectivity index (χ1n) is 7.69. The number of hydrogen-bond acceptors (Lipinski definition) is 3. The van der Waals surface area contributed by atoms with Crippen molar-refractivity contribution in [3.05, 3.63) is 11.4 Å². The fourth-order valence-electron chi connectivity index (χ4n) is 2.36. The molecule has 0 aromatic rings. The molecule has 5 nitrogen and oxygen atoms in total. The topological polar surface area (TPSA) is 58.6 Å². The van der Waals surface area contributed by atoms with Crippen LogP contribution in [0.25, 0.3) is 0 Å². The number of nitrogens with zero attached hydrogens (tertiary/aromatic N) is 1. The SMILES string of the molecule is CC(C)=C(F)[C@@H](C)NC(=O)[C@@H]1C[C@@H](F)CN1C(=O)OC(C)(C)C. The number of halogens is 2. The maximum absolute atomic E-state index is 13.8. The number of alkyl halides is 1. The third kappa shape index (κ3) is 5.48. The van der Waals surface area contributed by atoms with Gasteiger partial charge in [-0.2, -0.15) is 0 Å². The molecule has 2 amide bonds. The van der Waals surface area contributed by atoms with Gasteiger partial charge in [0.15, 0.2) is 0 Å². The third-order valence-corrected chi connectivity index (χ3v) is 3.40. The summed E-state index contributed by atoms with van der Waals surface area (Å²) in [6.45, 7) is 9.56. The first-order chi connectivity index (χ1) is 10.4. The summed E-state index contributed by atoms with van der Waals surface area (Å²) in [6, 6.07) is -1.82. The van der Waals surface area contributed by atoms with Crippen LogP contribution in [0, 0.1) is 0 Å². The van der Waals surface area contributed by atoms with Crippen LogP contribution in [0.5, 0.6) is 0 Å². The molecule has 1 heterocycles. The molecule has 1 saturated heterocycles. The molecular weight excluding hydrogens is 306 g/mol. The summed E-state index contributed by atoms with van der Waals surface area (Å²) in [5.74, 6) is -1.03. The normalized spacial score (nSPS) is 22.5. The molecule has 0 aromatic heterocycles. The predicted molar refractivity (Wildman–Crippen MR) is 83.3 cm³/mol. The molecule has 132 valence electrons. The number of hydrogen-bond donors (Lipinski definition) is 1. The second-order valence-electron chi connectivity index (χ2n) is 7.06. The van der Waals surface area contributed by atoms with Gasteiger partial charge >= 0.3 is 6.09 Å². The summed E-state index contributed by atoms with van der Waals surface area (Å²) in [5.41, 5.74) is -0.287. The highest BCUT2D eigenvalue weighted by molar-refractivity contribution is 5.86. The van der Waals surface area contributed by atoms with Crippen molar-refractivity contribution >= 4 is 12.0 Å². The largest absolute Gasteiger partial charge is 0.444 e. The zero-order valence-electron chi connectivity index (χ0n) is 14.6. The van der Waals surface area contributed by atoms with Crippen LogP contribution in [-0.2, 0) is 9.53 Å². The summed E-state index contributed by atoms with van der Waals surface area (Å²) in [4.78, 5) is 25.5. The molecule has 7 heteroatoms. The Morgan fingerprint density at radius 1 is 1.30 bits per heavy atom. The molecule has 0 aliphatic carbocycles.